The normalized spacial score (nSPS) is 4.73. The van der Waals surface area contributed by atoms with Gasteiger partial charge in [-0.1, -0.05) is 0 Å². The Morgan fingerprint density at radius 3 is 0.351 bits per heavy atom. The van der Waals surface area contributed by atoms with Crippen LogP contribution in [0, 0.1) is 0 Å². The molecule has 0 aliphatic rings. The molecule has 0 fully saturated rings. The van der Waals surface area contributed by atoms with Crippen molar-refractivity contribution in [2.45, 2.75) is 48.5 Å². The summed E-state index contributed by atoms with van der Waals surface area (Å²) >= 11 is 0. The van der Waals surface area contributed by atoms with Crippen molar-refractivity contribution in [1.29, 1.82) is 0 Å². The Hall–Kier alpha value is -2.00. The predicted molar refractivity (Wildman–Crippen MR) is 112 cm³/mol. The molecule has 0 bridgehead atoms. The quantitative estimate of drug-likeness (QED) is 0.132. The number of rotatable bonds is 0. The van der Waals surface area contributed by atoms with Gasteiger partial charge in [-0.25, -0.2) is 0 Å². The summed E-state index contributed by atoms with van der Waals surface area (Å²) in [5.41, 5.74) is 0. The molecule has 0 atom stereocenters. The number of carboxylic acids is 7. The van der Waals surface area contributed by atoms with E-state index in [1.165, 1.54) is 0 Å². The first kappa shape index (κ1) is 112. The van der Waals surface area contributed by atoms with Gasteiger partial charge in [0.2, 0.25) is 0 Å². The average molecular weight is 1100 g/mol. The summed E-state index contributed by atoms with van der Waals surface area (Å²) < 4.78 is 0. The SMILES string of the molecule is CC(=O)O.CC(=O)O.CC(=O)O.CC(=O)O.CC(=O)O.CC(=O)O.CC(=O)[O-].O.O.O.O.O.O.[Ir].[Ir].[Ir]. The van der Waals surface area contributed by atoms with E-state index in [9.17, 15) is 0 Å². The molecule has 0 aromatic carbocycles. The smallest absolute Gasteiger partial charge is 0.300 e. The largest absolute Gasteiger partial charge is 0.550 e. The van der Waals surface area contributed by atoms with Crippen molar-refractivity contribution in [1.82, 2.24) is 0 Å². The van der Waals surface area contributed by atoms with E-state index in [1.54, 1.807) is 0 Å². The molecule has 0 rings (SSSR count). The van der Waals surface area contributed by atoms with E-state index >= 15 is 0 Å². The molecule has 243 valence electrons. The minimum Gasteiger partial charge on any atom is -0.550 e. The molecule has 0 aliphatic heterocycles. The van der Waals surface area contributed by atoms with Crippen molar-refractivity contribution < 1.29 is 162 Å². The third-order valence-corrected chi connectivity index (χ3v) is 0. The first-order valence-electron chi connectivity index (χ1n) is 6.47. The topological polar surface area (TPSA) is 453 Å². The summed E-state index contributed by atoms with van der Waals surface area (Å²) in [6, 6.07) is 0. The Balaban J connectivity index is -0.00000000955. The molecular formula is C14H39Ir3O20-. The van der Waals surface area contributed by atoms with Crippen LogP contribution >= 0.6 is 0 Å². The maximum Gasteiger partial charge on any atom is 0.300 e. The van der Waals surface area contributed by atoms with Crippen LogP contribution in [0.15, 0.2) is 0 Å². The van der Waals surface area contributed by atoms with Gasteiger partial charge in [0.1, 0.15) is 0 Å². The zero-order chi connectivity index (χ0) is 25.0. The van der Waals surface area contributed by atoms with Gasteiger partial charge < -0.3 is 73.4 Å². The molecule has 37 heavy (non-hydrogen) atoms. The molecule has 0 spiro atoms. The summed E-state index contributed by atoms with van der Waals surface area (Å²) in [7, 11) is 0. The van der Waals surface area contributed by atoms with E-state index in [0.717, 1.165) is 48.5 Å². The van der Waals surface area contributed by atoms with E-state index in [-0.39, 0.29) is 93.2 Å². The fraction of sp³-hybridized carbons (Fsp3) is 0.500. The van der Waals surface area contributed by atoms with Crippen molar-refractivity contribution in [3.63, 3.8) is 0 Å². The van der Waals surface area contributed by atoms with Crippen molar-refractivity contribution in [2.75, 3.05) is 0 Å². The number of carbonyl (C=O) groups excluding carboxylic acids is 1. The predicted octanol–water partition coefficient (Wildman–Crippen LogP) is -5.65. The minimum atomic E-state index is -1.08. The van der Waals surface area contributed by atoms with Crippen LogP contribution in [0.2, 0.25) is 0 Å². The van der Waals surface area contributed by atoms with E-state index in [4.69, 9.17) is 69.3 Å². The van der Waals surface area contributed by atoms with Gasteiger partial charge in [0.15, 0.2) is 0 Å². The number of carbonyl (C=O) groups is 7. The molecule has 0 aromatic heterocycles. The van der Waals surface area contributed by atoms with E-state index in [2.05, 4.69) is 0 Å². The molecule has 18 N–H and O–H groups in total. The Labute approximate surface area is 252 Å². The van der Waals surface area contributed by atoms with Crippen LogP contribution < -0.4 is 5.11 Å². The molecule has 0 unspecified atom stereocenters. The zero-order valence-corrected chi connectivity index (χ0v) is 27.6. The van der Waals surface area contributed by atoms with Crippen LogP contribution in [-0.2, 0) is 93.9 Å². The Morgan fingerprint density at radius 2 is 0.351 bits per heavy atom. The van der Waals surface area contributed by atoms with E-state index in [1.807, 2.05) is 0 Å². The number of aliphatic carboxylic acids is 7. The van der Waals surface area contributed by atoms with Gasteiger partial charge in [-0.05, 0) is 6.92 Å². The molecule has 0 saturated carbocycles. The summed E-state index contributed by atoms with van der Waals surface area (Å²) in [6.45, 7) is 7.47. The molecule has 0 amide bonds. The molecule has 0 heterocycles. The van der Waals surface area contributed by atoms with Gasteiger partial charge >= 0.3 is 0 Å². The van der Waals surface area contributed by atoms with Crippen LogP contribution in [0.5, 0.6) is 0 Å². The molecular weight excluding hydrogens is 1060 g/mol. The van der Waals surface area contributed by atoms with Crippen molar-refractivity contribution in [2.24, 2.45) is 0 Å². The average Bonchev–Trinajstić information content (AvgIpc) is 2.20. The van der Waals surface area contributed by atoms with Gasteiger partial charge in [-0.15, -0.1) is 0 Å². The third-order valence-electron chi connectivity index (χ3n) is 0. The standard InChI is InChI=1S/7C2H4O2.3Ir.6H2O/c7*1-2(3)4;;;;;;;;;/h7*1H3,(H,3,4);;;;6*1H2/p-1. The van der Waals surface area contributed by atoms with Crippen LogP contribution in [0.3, 0.4) is 0 Å². The molecule has 20 nitrogen and oxygen atoms in total. The Bertz CT molecular complexity index is 327. The van der Waals surface area contributed by atoms with Gasteiger partial charge in [0, 0.05) is 108 Å². The van der Waals surface area contributed by atoms with Crippen LogP contribution in [0.1, 0.15) is 48.5 Å². The Kier molecular flexibility index (Phi) is 311. The number of carboxylic acid groups (broad SMARTS) is 7. The third kappa shape index (κ3) is 8690. The Morgan fingerprint density at radius 1 is 0.351 bits per heavy atom. The number of hydrogen-bond acceptors (Lipinski definition) is 8. The summed E-state index contributed by atoms with van der Waals surface area (Å²) in [4.78, 5) is 62.9. The monoisotopic (exact) mass is 1110 g/mol. The number of hydrogen-bond donors (Lipinski definition) is 6. The second-order valence-electron chi connectivity index (χ2n) is 3.61. The molecule has 23 heteroatoms. The van der Waals surface area contributed by atoms with Crippen LogP contribution in [0.25, 0.3) is 0 Å². The van der Waals surface area contributed by atoms with E-state index < -0.39 is 41.8 Å². The van der Waals surface area contributed by atoms with Crippen molar-refractivity contribution in [3.8, 4) is 0 Å². The van der Waals surface area contributed by atoms with Crippen LogP contribution in [-0.4, -0.2) is 105 Å². The summed E-state index contributed by atoms with van der Waals surface area (Å²) in [5, 5.41) is 53.4. The van der Waals surface area contributed by atoms with Crippen molar-refractivity contribution in [3.05, 3.63) is 0 Å². The van der Waals surface area contributed by atoms with Crippen LogP contribution in [0.4, 0.5) is 0 Å². The van der Waals surface area contributed by atoms with E-state index in [0.29, 0.717) is 0 Å². The fourth-order valence-electron chi connectivity index (χ4n) is 0. The second kappa shape index (κ2) is 103. The second-order valence-corrected chi connectivity index (χ2v) is 3.61. The molecule has 3 radical (unpaired) electrons. The zero-order valence-electron chi connectivity index (χ0n) is 20.4. The van der Waals surface area contributed by atoms with Gasteiger partial charge in [0.25, 0.3) is 35.8 Å². The molecule has 0 aromatic rings. The molecule has 0 saturated heterocycles. The maximum atomic E-state index is 9.00. The minimum absolute atomic E-state index is 0. The van der Waals surface area contributed by atoms with Crippen molar-refractivity contribution >= 4 is 41.8 Å². The van der Waals surface area contributed by atoms with Gasteiger partial charge in [-0.3, -0.25) is 28.8 Å². The summed E-state index contributed by atoms with van der Waals surface area (Å²) in [5.74, 6) is -6.08. The fourth-order valence-corrected chi connectivity index (χ4v) is 0. The first-order chi connectivity index (χ1) is 12.1. The summed E-state index contributed by atoms with van der Waals surface area (Å²) in [6.07, 6.45) is 0. The maximum absolute atomic E-state index is 9.00. The van der Waals surface area contributed by atoms with Gasteiger partial charge in [-0.2, -0.15) is 0 Å². The first-order valence-corrected chi connectivity index (χ1v) is 6.47. The molecule has 0 aliphatic carbocycles. The van der Waals surface area contributed by atoms with Gasteiger partial charge in [0.05, 0.1) is 0 Å².